The number of rotatable bonds is 5. The van der Waals surface area contributed by atoms with Crippen LogP contribution in [-0.2, 0) is 14.8 Å². The van der Waals surface area contributed by atoms with Crippen molar-refractivity contribution in [3.05, 3.63) is 46.8 Å². The lowest BCUT2D eigenvalue weighted by molar-refractivity contribution is -0.120. The molecule has 1 aromatic carbocycles. The first-order chi connectivity index (χ1) is 13.3. The Labute approximate surface area is 168 Å². The molecule has 9 heteroatoms. The summed E-state index contributed by atoms with van der Waals surface area (Å²) in [6.45, 7) is 2.39. The SMILES string of the molecule is CNC(=O)c1ccccc1NC(=O)[C@H]1CCCN(S(=O)(=O)c2ccc(C)s2)C1. The number of para-hydroxylation sites is 1. The Kier molecular flexibility index (Phi) is 6.17. The smallest absolute Gasteiger partial charge is 0.253 e. The van der Waals surface area contributed by atoms with Crippen molar-refractivity contribution in [3.63, 3.8) is 0 Å². The van der Waals surface area contributed by atoms with Gasteiger partial charge in [-0.1, -0.05) is 12.1 Å². The number of anilines is 1. The van der Waals surface area contributed by atoms with Crippen molar-refractivity contribution >= 4 is 38.9 Å². The molecule has 1 aliphatic heterocycles. The Morgan fingerprint density at radius 2 is 1.93 bits per heavy atom. The molecule has 2 amide bonds. The number of thiophene rings is 1. The molecular formula is C19H23N3O4S2. The maximum atomic E-state index is 12.9. The molecule has 0 aliphatic carbocycles. The molecule has 3 rings (SSSR count). The second-order valence-corrected chi connectivity index (χ2v) is 10.1. The molecule has 150 valence electrons. The highest BCUT2D eigenvalue weighted by atomic mass is 32.2. The number of aryl methyl sites for hydroxylation is 1. The summed E-state index contributed by atoms with van der Waals surface area (Å²) in [7, 11) is -2.07. The van der Waals surface area contributed by atoms with Crippen molar-refractivity contribution in [1.29, 1.82) is 0 Å². The second kappa shape index (κ2) is 8.42. The molecule has 1 fully saturated rings. The van der Waals surface area contributed by atoms with Crippen LogP contribution in [0.15, 0.2) is 40.6 Å². The maximum absolute atomic E-state index is 12.9. The fourth-order valence-corrected chi connectivity index (χ4v) is 6.17. The summed E-state index contributed by atoms with van der Waals surface area (Å²) in [6, 6.07) is 10.1. The number of sulfonamides is 1. The molecule has 1 aromatic heterocycles. The summed E-state index contributed by atoms with van der Waals surface area (Å²) in [5.41, 5.74) is 0.786. The van der Waals surface area contributed by atoms with Crippen LogP contribution in [0.2, 0.25) is 0 Å². The maximum Gasteiger partial charge on any atom is 0.253 e. The van der Waals surface area contributed by atoms with Crippen LogP contribution in [0.25, 0.3) is 0 Å². The van der Waals surface area contributed by atoms with Crippen molar-refractivity contribution in [3.8, 4) is 0 Å². The second-order valence-electron chi connectivity index (χ2n) is 6.68. The van der Waals surface area contributed by atoms with Gasteiger partial charge in [-0.2, -0.15) is 4.31 Å². The molecule has 1 saturated heterocycles. The standard InChI is InChI=1S/C19H23N3O4S2/c1-13-9-10-17(27-13)28(25,26)22-11-5-6-14(12-22)18(23)21-16-8-4-3-7-15(16)19(24)20-2/h3-4,7-10,14H,5-6,11-12H2,1-2H3,(H,20,24)(H,21,23)/t14-/m0/s1. The zero-order chi connectivity index (χ0) is 20.3. The van der Waals surface area contributed by atoms with E-state index < -0.39 is 15.9 Å². The predicted molar refractivity (Wildman–Crippen MR) is 109 cm³/mol. The monoisotopic (exact) mass is 421 g/mol. The highest BCUT2D eigenvalue weighted by molar-refractivity contribution is 7.91. The fraction of sp³-hybridized carbons (Fsp3) is 0.368. The average Bonchev–Trinajstić information content (AvgIpc) is 3.15. The molecule has 0 unspecified atom stereocenters. The molecule has 2 aromatic rings. The molecule has 0 bridgehead atoms. The van der Waals surface area contributed by atoms with Gasteiger partial charge in [-0.25, -0.2) is 8.42 Å². The summed E-state index contributed by atoms with van der Waals surface area (Å²) in [4.78, 5) is 25.7. The number of hydrogen-bond acceptors (Lipinski definition) is 5. The molecule has 1 atom stereocenters. The first kappa shape index (κ1) is 20.5. The Morgan fingerprint density at radius 3 is 2.61 bits per heavy atom. The van der Waals surface area contributed by atoms with Gasteiger partial charge in [0, 0.05) is 25.0 Å². The van der Waals surface area contributed by atoms with E-state index in [1.54, 1.807) is 36.4 Å². The number of carbonyl (C=O) groups is 2. The first-order valence-electron chi connectivity index (χ1n) is 9.01. The molecule has 28 heavy (non-hydrogen) atoms. The number of amides is 2. The highest BCUT2D eigenvalue weighted by Crippen LogP contribution is 2.29. The summed E-state index contributed by atoms with van der Waals surface area (Å²) < 4.78 is 27.4. The van der Waals surface area contributed by atoms with Crippen LogP contribution in [0.3, 0.4) is 0 Å². The van der Waals surface area contributed by atoms with E-state index in [0.717, 1.165) is 4.88 Å². The van der Waals surface area contributed by atoms with Gasteiger partial charge in [-0.15, -0.1) is 11.3 Å². The van der Waals surface area contributed by atoms with Gasteiger partial charge in [-0.3, -0.25) is 9.59 Å². The van der Waals surface area contributed by atoms with Crippen molar-refractivity contribution < 1.29 is 18.0 Å². The van der Waals surface area contributed by atoms with Crippen molar-refractivity contribution in [2.45, 2.75) is 24.0 Å². The van der Waals surface area contributed by atoms with Gasteiger partial charge < -0.3 is 10.6 Å². The molecule has 0 spiro atoms. The lowest BCUT2D eigenvalue weighted by Crippen LogP contribution is -2.43. The van der Waals surface area contributed by atoms with E-state index in [9.17, 15) is 18.0 Å². The van der Waals surface area contributed by atoms with Gasteiger partial charge >= 0.3 is 0 Å². The third-order valence-corrected chi connectivity index (χ3v) is 8.05. The van der Waals surface area contributed by atoms with E-state index in [4.69, 9.17) is 0 Å². The fourth-order valence-electron chi connectivity index (χ4n) is 3.21. The lowest BCUT2D eigenvalue weighted by atomic mass is 9.98. The molecule has 2 N–H and O–H groups in total. The van der Waals surface area contributed by atoms with E-state index in [1.807, 2.05) is 6.92 Å². The van der Waals surface area contributed by atoms with E-state index in [1.165, 1.54) is 22.7 Å². The number of nitrogens with zero attached hydrogens (tertiary/aromatic N) is 1. The summed E-state index contributed by atoms with van der Waals surface area (Å²) in [6.07, 6.45) is 1.21. The van der Waals surface area contributed by atoms with Gasteiger partial charge in [0.1, 0.15) is 4.21 Å². The average molecular weight is 422 g/mol. The Morgan fingerprint density at radius 1 is 1.18 bits per heavy atom. The largest absolute Gasteiger partial charge is 0.355 e. The highest BCUT2D eigenvalue weighted by Gasteiger charge is 2.34. The topological polar surface area (TPSA) is 95.6 Å². The third-order valence-electron chi connectivity index (χ3n) is 4.72. The summed E-state index contributed by atoms with van der Waals surface area (Å²) >= 11 is 1.23. The summed E-state index contributed by atoms with van der Waals surface area (Å²) in [5.74, 6) is -1.04. The van der Waals surface area contributed by atoms with E-state index in [-0.39, 0.29) is 18.4 Å². The normalized spacial score (nSPS) is 17.9. The Bertz CT molecular complexity index is 985. The minimum Gasteiger partial charge on any atom is -0.355 e. The molecule has 0 saturated carbocycles. The van der Waals surface area contributed by atoms with Crippen LogP contribution in [0, 0.1) is 12.8 Å². The minimum absolute atomic E-state index is 0.132. The summed E-state index contributed by atoms with van der Waals surface area (Å²) in [5, 5.41) is 5.34. The predicted octanol–water partition coefficient (Wildman–Crippen LogP) is 2.46. The van der Waals surface area contributed by atoms with E-state index >= 15 is 0 Å². The molecule has 0 radical (unpaired) electrons. The van der Waals surface area contributed by atoms with Gasteiger partial charge in [0.15, 0.2) is 0 Å². The van der Waals surface area contributed by atoms with Crippen LogP contribution in [0.5, 0.6) is 0 Å². The van der Waals surface area contributed by atoms with Crippen molar-refractivity contribution in [2.75, 3.05) is 25.5 Å². The van der Waals surface area contributed by atoms with Crippen LogP contribution in [0.4, 0.5) is 5.69 Å². The number of piperidine rings is 1. The van der Waals surface area contributed by atoms with Gasteiger partial charge in [-0.05, 0) is 44.0 Å². The van der Waals surface area contributed by atoms with Crippen LogP contribution in [0.1, 0.15) is 28.1 Å². The Balaban J connectivity index is 1.74. The van der Waals surface area contributed by atoms with Gasteiger partial charge in [0.25, 0.3) is 15.9 Å². The van der Waals surface area contributed by atoms with Crippen molar-refractivity contribution in [2.24, 2.45) is 5.92 Å². The lowest BCUT2D eigenvalue weighted by Gasteiger charge is -2.31. The third kappa shape index (κ3) is 4.26. The van der Waals surface area contributed by atoms with Crippen LogP contribution >= 0.6 is 11.3 Å². The van der Waals surface area contributed by atoms with Gasteiger partial charge in [0.05, 0.1) is 17.2 Å². The minimum atomic E-state index is -3.60. The first-order valence-corrected chi connectivity index (χ1v) is 11.3. The quantitative estimate of drug-likeness (QED) is 0.775. The Hall–Kier alpha value is -2.23. The number of hydrogen-bond donors (Lipinski definition) is 2. The zero-order valence-electron chi connectivity index (χ0n) is 15.8. The van der Waals surface area contributed by atoms with E-state index in [0.29, 0.717) is 34.8 Å². The molecule has 1 aliphatic rings. The van der Waals surface area contributed by atoms with Crippen LogP contribution < -0.4 is 10.6 Å². The number of benzene rings is 1. The molecule has 7 nitrogen and oxygen atoms in total. The number of carbonyl (C=O) groups excluding carboxylic acids is 2. The van der Waals surface area contributed by atoms with Crippen LogP contribution in [-0.4, -0.2) is 44.7 Å². The zero-order valence-corrected chi connectivity index (χ0v) is 17.4. The number of nitrogens with one attached hydrogen (secondary N) is 2. The van der Waals surface area contributed by atoms with Crippen molar-refractivity contribution in [1.82, 2.24) is 9.62 Å². The van der Waals surface area contributed by atoms with E-state index in [2.05, 4.69) is 10.6 Å². The molecular weight excluding hydrogens is 398 g/mol. The van der Waals surface area contributed by atoms with Gasteiger partial charge in [0.2, 0.25) is 5.91 Å². The molecule has 2 heterocycles.